The van der Waals surface area contributed by atoms with Gasteiger partial charge < -0.3 is 32.9 Å². The highest BCUT2D eigenvalue weighted by atomic mass is 35.5. The van der Waals surface area contributed by atoms with Crippen LogP contribution < -0.4 is 27.8 Å². The van der Waals surface area contributed by atoms with Crippen molar-refractivity contribution < 1.29 is 19.5 Å². The number of aliphatic carboxylic acids is 1. The number of amidine groups is 1. The summed E-state index contributed by atoms with van der Waals surface area (Å²) in [5.74, 6) is -1.97. The minimum absolute atomic E-state index is 0. The molecule has 10 N–H and O–H groups in total. The Bertz CT molecular complexity index is 1070. The van der Waals surface area contributed by atoms with Gasteiger partial charge in [0.2, 0.25) is 11.8 Å². The second kappa shape index (κ2) is 17.6. The highest BCUT2D eigenvalue weighted by molar-refractivity contribution is 5.95. The predicted molar refractivity (Wildman–Crippen MR) is 166 cm³/mol. The number of aliphatic imine (C=N–C) groups is 1. The Hall–Kier alpha value is -3.34. The number of nitrogens with zero attached hydrogens (tertiary/aromatic N) is 1. The zero-order valence-corrected chi connectivity index (χ0v) is 25.2. The molecule has 3 atom stereocenters. The van der Waals surface area contributed by atoms with Crippen LogP contribution in [0.2, 0.25) is 0 Å². The van der Waals surface area contributed by atoms with Crippen molar-refractivity contribution in [3.8, 4) is 0 Å². The standard InChI is InChI=1S/C30H47N7O4.ClH/c31-26(32)22-15-13-19(14-16-22)18-23(20-8-3-1-4-9-20)27(38)37-25(21-10-5-2-6-11-21)28(39)36-24(29(40)41)12-7-17-35-30(33)34;/h13-16,20-21,23-25H,1-12,17-18H2,(H3,31,32)(H,36,39)(H,37,38)(H,40,41)(H4,33,34,35);1H/t23-,24?,25-;/m0./s1. The smallest absolute Gasteiger partial charge is 0.326 e. The quantitative estimate of drug-likeness (QED) is 0.0956. The molecule has 42 heavy (non-hydrogen) atoms. The van der Waals surface area contributed by atoms with E-state index in [2.05, 4.69) is 15.6 Å². The maximum Gasteiger partial charge on any atom is 0.326 e. The third-order valence-corrected chi connectivity index (χ3v) is 8.54. The van der Waals surface area contributed by atoms with Gasteiger partial charge >= 0.3 is 5.97 Å². The van der Waals surface area contributed by atoms with E-state index >= 15 is 0 Å². The first kappa shape index (κ1) is 34.9. The summed E-state index contributed by atoms with van der Waals surface area (Å²) in [4.78, 5) is 43.4. The first-order chi connectivity index (χ1) is 19.7. The van der Waals surface area contributed by atoms with E-state index in [9.17, 15) is 19.5 Å². The minimum Gasteiger partial charge on any atom is -0.480 e. The number of halogens is 1. The van der Waals surface area contributed by atoms with Crippen LogP contribution >= 0.6 is 12.4 Å². The molecule has 1 aromatic rings. The minimum atomic E-state index is -1.13. The van der Waals surface area contributed by atoms with E-state index in [0.29, 0.717) is 18.4 Å². The molecule has 2 fully saturated rings. The van der Waals surface area contributed by atoms with Crippen LogP contribution in [0, 0.1) is 23.2 Å². The number of guanidine groups is 1. The summed E-state index contributed by atoms with van der Waals surface area (Å²) in [6.07, 6.45) is 11.0. The molecule has 234 valence electrons. The first-order valence-electron chi connectivity index (χ1n) is 15.0. The summed E-state index contributed by atoms with van der Waals surface area (Å²) < 4.78 is 0. The topological polar surface area (TPSA) is 210 Å². The molecule has 2 aliphatic carbocycles. The monoisotopic (exact) mass is 605 g/mol. The van der Waals surface area contributed by atoms with Gasteiger partial charge in [-0.15, -0.1) is 12.4 Å². The molecule has 12 heteroatoms. The molecule has 0 radical (unpaired) electrons. The van der Waals surface area contributed by atoms with Gasteiger partial charge in [-0.2, -0.15) is 0 Å². The summed E-state index contributed by atoms with van der Waals surface area (Å²) in [5.41, 5.74) is 17.9. The molecule has 0 saturated heterocycles. The van der Waals surface area contributed by atoms with Crippen molar-refractivity contribution in [1.29, 1.82) is 5.41 Å². The zero-order valence-electron chi connectivity index (χ0n) is 24.4. The lowest BCUT2D eigenvalue weighted by atomic mass is 9.76. The molecular formula is C30H48ClN7O4. The second-order valence-electron chi connectivity index (χ2n) is 11.6. The summed E-state index contributed by atoms with van der Waals surface area (Å²) in [7, 11) is 0. The average molecular weight is 606 g/mol. The van der Waals surface area contributed by atoms with E-state index in [0.717, 1.165) is 69.8 Å². The van der Waals surface area contributed by atoms with E-state index in [1.807, 2.05) is 12.1 Å². The number of nitrogens with one attached hydrogen (secondary N) is 3. The summed E-state index contributed by atoms with van der Waals surface area (Å²) >= 11 is 0. The molecule has 1 unspecified atom stereocenters. The van der Waals surface area contributed by atoms with Gasteiger partial charge in [-0.25, -0.2) is 4.79 Å². The van der Waals surface area contributed by atoms with E-state index in [1.54, 1.807) is 12.1 Å². The fourth-order valence-electron chi connectivity index (χ4n) is 6.23. The van der Waals surface area contributed by atoms with E-state index in [4.69, 9.17) is 22.6 Å². The van der Waals surface area contributed by atoms with Crippen LogP contribution in [0.4, 0.5) is 0 Å². The number of carboxylic acid groups (broad SMARTS) is 1. The Morgan fingerprint density at radius 1 is 0.881 bits per heavy atom. The predicted octanol–water partition coefficient (Wildman–Crippen LogP) is 2.82. The summed E-state index contributed by atoms with van der Waals surface area (Å²) in [6, 6.07) is 5.51. The van der Waals surface area contributed by atoms with Crippen LogP contribution in [0.5, 0.6) is 0 Å². The number of hydrogen-bond acceptors (Lipinski definition) is 5. The van der Waals surface area contributed by atoms with Crippen molar-refractivity contribution >= 4 is 42.0 Å². The number of carbonyl (C=O) groups is 3. The molecule has 11 nitrogen and oxygen atoms in total. The number of carboxylic acids is 1. The van der Waals surface area contributed by atoms with Gasteiger partial charge in [0.1, 0.15) is 17.9 Å². The molecule has 0 aliphatic heterocycles. The number of benzene rings is 1. The number of hydrogen-bond donors (Lipinski definition) is 7. The Morgan fingerprint density at radius 3 is 1.98 bits per heavy atom. The summed E-state index contributed by atoms with van der Waals surface area (Å²) in [5, 5.41) is 23.2. The Balaban J connectivity index is 0.00000616. The number of carbonyl (C=O) groups excluding carboxylic acids is 2. The molecule has 0 spiro atoms. The Morgan fingerprint density at radius 2 is 1.45 bits per heavy atom. The third kappa shape index (κ3) is 10.8. The molecule has 0 bridgehead atoms. The Labute approximate surface area is 254 Å². The molecule has 1 aromatic carbocycles. The van der Waals surface area contributed by atoms with Crippen molar-refractivity contribution in [2.75, 3.05) is 6.54 Å². The molecule has 2 saturated carbocycles. The van der Waals surface area contributed by atoms with Gasteiger partial charge in [-0.3, -0.25) is 20.0 Å². The van der Waals surface area contributed by atoms with E-state index in [1.165, 1.54) is 0 Å². The van der Waals surface area contributed by atoms with Crippen molar-refractivity contribution in [2.24, 2.45) is 39.9 Å². The van der Waals surface area contributed by atoms with Crippen molar-refractivity contribution in [2.45, 2.75) is 95.6 Å². The van der Waals surface area contributed by atoms with Gasteiger partial charge in [-0.1, -0.05) is 62.8 Å². The van der Waals surface area contributed by atoms with Crippen LogP contribution in [0.25, 0.3) is 0 Å². The Kier molecular flexibility index (Phi) is 14.6. The molecule has 0 aromatic heterocycles. The number of nitrogens with two attached hydrogens (primary N) is 3. The molecular weight excluding hydrogens is 558 g/mol. The van der Waals surface area contributed by atoms with E-state index < -0.39 is 24.0 Å². The highest BCUT2D eigenvalue weighted by Gasteiger charge is 2.37. The molecule has 3 rings (SSSR count). The molecule has 2 aliphatic rings. The fourth-order valence-corrected chi connectivity index (χ4v) is 6.23. The van der Waals surface area contributed by atoms with Gasteiger partial charge in [0.25, 0.3) is 0 Å². The molecule has 0 heterocycles. The molecule has 2 amide bonds. The number of amides is 2. The van der Waals surface area contributed by atoms with Crippen LogP contribution in [0.15, 0.2) is 29.3 Å². The average Bonchev–Trinajstić information content (AvgIpc) is 2.96. The zero-order chi connectivity index (χ0) is 29.8. The van der Waals surface area contributed by atoms with E-state index in [-0.39, 0.29) is 60.8 Å². The fraction of sp³-hybridized carbons (Fsp3) is 0.633. The number of rotatable bonds is 14. The SMILES string of the molecule is Cl.N=C(N)c1ccc(C[C@H](C(=O)N[C@H](C(=O)NC(CCCN=C(N)N)C(=O)O)C2CCCCC2)C2CCCCC2)cc1. The van der Waals surface area contributed by atoms with Gasteiger partial charge in [0.15, 0.2) is 5.96 Å². The maximum atomic E-state index is 14.0. The van der Waals surface area contributed by atoms with Crippen molar-refractivity contribution in [3.63, 3.8) is 0 Å². The first-order valence-corrected chi connectivity index (χ1v) is 15.0. The van der Waals surface area contributed by atoms with Gasteiger partial charge in [0, 0.05) is 18.0 Å². The highest BCUT2D eigenvalue weighted by Crippen LogP contribution is 2.33. The van der Waals surface area contributed by atoms with Crippen LogP contribution in [-0.2, 0) is 20.8 Å². The summed E-state index contributed by atoms with van der Waals surface area (Å²) in [6.45, 7) is 0.265. The largest absolute Gasteiger partial charge is 0.480 e. The van der Waals surface area contributed by atoms with Crippen molar-refractivity contribution in [1.82, 2.24) is 10.6 Å². The third-order valence-electron chi connectivity index (χ3n) is 8.54. The normalized spacial score (nSPS) is 18.0. The lowest BCUT2D eigenvalue weighted by Gasteiger charge is -2.34. The lowest BCUT2D eigenvalue weighted by molar-refractivity contribution is -0.143. The second-order valence-corrected chi connectivity index (χ2v) is 11.6. The lowest BCUT2D eigenvalue weighted by Crippen LogP contribution is -2.56. The van der Waals surface area contributed by atoms with Gasteiger partial charge in [-0.05, 0) is 62.3 Å². The maximum absolute atomic E-state index is 14.0. The van der Waals surface area contributed by atoms with Crippen LogP contribution in [0.1, 0.15) is 88.2 Å². The van der Waals surface area contributed by atoms with Crippen LogP contribution in [-0.4, -0.2) is 53.3 Å². The number of nitrogen functional groups attached to an aromatic ring is 1. The van der Waals surface area contributed by atoms with Crippen LogP contribution in [0.3, 0.4) is 0 Å². The van der Waals surface area contributed by atoms with Gasteiger partial charge in [0.05, 0.1) is 0 Å². The van der Waals surface area contributed by atoms with Crippen molar-refractivity contribution in [3.05, 3.63) is 35.4 Å².